The van der Waals surface area contributed by atoms with Gasteiger partial charge >= 0.3 is 5.97 Å². The molecular formula is C15H14N2O5. The van der Waals surface area contributed by atoms with Crippen molar-refractivity contribution >= 4 is 11.8 Å². The fourth-order valence-electron chi connectivity index (χ4n) is 2.00. The van der Waals surface area contributed by atoms with Gasteiger partial charge in [-0.25, -0.2) is 14.8 Å². The summed E-state index contributed by atoms with van der Waals surface area (Å²) >= 11 is 0. The highest BCUT2D eigenvalue weighted by Gasteiger charge is 2.20. The lowest BCUT2D eigenvalue weighted by atomic mass is 10.1. The summed E-state index contributed by atoms with van der Waals surface area (Å²) in [5.41, 5.74) is 0.0833. The Morgan fingerprint density at radius 2 is 1.91 bits per heavy atom. The molecule has 0 unspecified atom stereocenters. The third kappa shape index (κ3) is 2.73. The van der Waals surface area contributed by atoms with Crippen molar-refractivity contribution in [3.63, 3.8) is 0 Å². The monoisotopic (exact) mass is 302 g/mol. The van der Waals surface area contributed by atoms with E-state index < -0.39 is 11.8 Å². The normalized spacial score (nSPS) is 10.1. The smallest absolute Gasteiger partial charge is 0.355 e. The maximum absolute atomic E-state index is 11.5. The minimum absolute atomic E-state index is 0.0434. The van der Waals surface area contributed by atoms with Crippen molar-refractivity contribution in [3.8, 4) is 22.9 Å². The van der Waals surface area contributed by atoms with Gasteiger partial charge in [-0.05, 0) is 19.1 Å². The lowest BCUT2D eigenvalue weighted by Crippen LogP contribution is -2.11. The highest BCUT2D eigenvalue weighted by Crippen LogP contribution is 2.36. The molecule has 114 valence electrons. The second-order valence-corrected chi connectivity index (χ2v) is 4.36. The van der Waals surface area contributed by atoms with E-state index in [0.29, 0.717) is 17.1 Å². The van der Waals surface area contributed by atoms with Gasteiger partial charge < -0.3 is 14.6 Å². The van der Waals surface area contributed by atoms with Gasteiger partial charge in [0.25, 0.3) is 0 Å². The fourth-order valence-corrected chi connectivity index (χ4v) is 2.00. The number of Topliss-reactive ketones (excluding diaryl/α,β-unsaturated/α-hetero) is 1. The Balaban J connectivity index is 2.66. The van der Waals surface area contributed by atoms with Crippen LogP contribution < -0.4 is 9.47 Å². The molecule has 0 saturated heterocycles. The molecule has 22 heavy (non-hydrogen) atoms. The van der Waals surface area contributed by atoms with Crippen molar-refractivity contribution in [1.29, 1.82) is 0 Å². The first-order valence-corrected chi connectivity index (χ1v) is 6.32. The van der Waals surface area contributed by atoms with Gasteiger partial charge in [0.05, 0.1) is 25.3 Å². The summed E-state index contributed by atoms with van der Waals surface area (Å²) in [5.74, 6) is -0.719. The molecule has 7 nitrogen and oxygen atoms in total. The van der Waals surface area contributed by atoms with E-state index in [2.05, 4.69) is 9.97 Å². The first kappa shape index (κ1) is 15.4. The molecule has 0 amide bonds. The predicted octanol–water partition coefficient (Wildman–Crippen LogP) is 2.06. The number of aromatic nitrogens is 2. The zero-order valence-corrected chi connectivity index (χ0v) is 12.3. The number of carboxylic acid groups (broad SMARTS) is 1. The molecule has 0 fully saturated rings. The number of hydrogen-bond acceptors (Lipinski definition) is 6. The second kappa shape index (κ2) is 6.21. The summed E-state index contributed by atoms with van der Waals surface area (Å²) in [6, 6.07) is 5.08. The van der Waals surface area contributed by atoms with E-state index in [1.807, 2.05) is 0 Å². The number of carbonyl (C=O) groups is 2. The number of carboxylic acids is 1. The largest absolute Gasteiger partial charge is 0.493 e. The van der Waals surface area contributed by atoms with Crippen molar-refractivity contribution in [3.05, 3.63) is 35.7 Å². The van der Waals surface area contributed by atoms with Crippen LogP contribution in [0.25, 0.3) is 11.4 Å². The van der Waals surface area contributed by atoms with Crippen LogP contribution in [-0.4, -0.2) is 41.0 Å². The summed E-state index contributed by atoms with van der Waals surface area (Å²) in [5, 5.41) is 9.21. The van der Waals surface area contributed by atoms with Gasteiger partial charge in [0.15, 0.2) is 28.8 Å². The van der Waals surface area contributed by atoms with Crippen LogP contribution in [0.15, 0.2) is 24.4 Å². The summed E-state index contributed by atoms with van der Waals surface area (Å²) in [6.45, 7) is 1.26. The third-order valence-corrected chi connectivity index (χ3v) is 3.01. The molecule has 0 radical (unpaired) electrons. The van der Waals surface area contributed by atoms with Crippen LogP contribution in [0.4, 0.5) is 0 Å². The van der Waals surface area contributed by atoms with Crippen LogP contribution in [0.5, 0.6) is 11.5 Å². The van der Waals surface area contributed by atoms with Crippen LogP contribution in [-0.2, 0) is 0 Å². The van der Waals surface area contributed by atoms with E-state index in [-0.39, 0.29) is 17.1 Å². The number of carbonyl (C=O) groups excluding carboxylic acids is 1. The van der Waals surface area contributed by atoms with E-state index in [1.54, 1.807) is 18.2 Å². The number of benzene rings is 1. The Hall–Kier alpha value is -2.96. The maximum Gasteiger partial charge on any atom is 0.355 e. The quantitative estimate of drug-likeness (QED) is 0.844. The maximum atomic E-state index is 11.5. The van der Waals surface area contributed by atoms with Gasteiger partial charge in [0.2, 0.25) is 0 Å². The minimum Gasteiger partial charge on any atom is -0.493 e. The Labute approximate surface area is 126 Å². The molecule has 2 rings (SSSR count). The van der Waals surface area contributed by atoms with Crippen molar-refractivity contribution in [2.24, 2.45) is 0 Å². The second-order valence-electron chi connectivity index (χ2n) is 4.36. The molecule has 0 aliphatic carbocycles. The van der Waals surface area contributed by atoms with Crippen molar-refractivity contribution in [2.75, 3.05) is 14.2 Å². The molecule has 7 heteroatoms. The van der Waals surface area contributed by atoms with Crippen molar-refractivity contribution < 1.29 is 24.2 Å². The average Bonchev–Trinajstić information content (AvgIpc) is 2.53. The highest BCUT2D eigenvalue weighted by atomic mass is 16.5. The van der Waals surface area contributed by atoms with Gasteiger partial charge in [-0.15, -0.1) is 0 Å². The molecule has 0 bridgehead atoms. The van der Waals surface area contributed by atoms with Crippen molar-refractivity contribution in [2.45, 2.75) is 6.92 Å². The molecule has 2 aromatic rings. The molecule has 0 aliphatic rings. The zero-order valence-electron chi connectivity index (χ0n) is 12.3. The zero-order chi connectivity index (χ0) is 16.3. The number of methoxy groups -OCH3 is 2. The number of aromatic carboxylic acids is 1. The summed E-state index contributed by atoms with van der Waals surface area (Å²) in [4.78, 5) is 30.8. The van der Waals surface area contributed by atoms with Gasteiger partial charge in [-0.3, -0.25) is 4.79 Å². The van der Waals surface area contributed by atoms with Gasteiger partial charge in [0.1, 0.15) is 0 Å². The highest BCUT2D eigenvalue weighted by molar-refractivity contribution is 6.03. The van der Waals surface area contributed by atoms with Gasteiger partial charge in [-0.1, -0.05) is 6.07 Å². The summed E-state index contributed by atoms with van der Waals surface area (Å²) < 4.78 is 10.5. The van der Waals surface area contributed by atoms with Crippen LogP contribution >= 0.6 is 0 Å². The van der Waals surface area contributed by atoms with Crippen LogP contribution in [0.3, 0.4) is 0 Å². The molecular weight excluding hydrogens is 288 g/mol. The summed E-state index contributed by atoms with van der Waals surface area (Å²) in [7, 11) is 2.95. The SMILES string of the molecule is COc1cccc(-c2ncc(C(C)=O)c(C(=O)O)n2)c1OC. The third-order valence-electron chi connectivity index (χ3n) is 3.01. The van der Waals surface area contributed by atoms with E-state index in [9.17, 15) is 14.7 Å². The Kier molecular flexibility index (Phi) is 4.36. The number of nitrogens with zero attached hydrogens (tertiary/aromatic N) is 2. The Morgan fingerprint density at radius 1 is 1.18 bits per heavy atom. The molecule has 1 aromatic carbocycles. The van der Waals surface area contributed by atoms with Crippen LogP contribution in [0.2, 0.25) is 0 Å². The van der Waals surface area contributed by atoms with Gasteiger partial charge in [0, 0.05) is 6.20 Å². The number of ketones is 1. The number of rotatable bonds is 5. The molecule has 1 N–H and O–H groups in total. The fraction of sp³-hybridized carbons (Fsp3) is 0.200. The molecule has 1 heterocycles. The van der Waals surface area contributed by atoms with E-state index in [1.165, 1.54) is 27.3 Å². The van der Waals surface area contributed by atoms with Crippen molar-refractivity contribution in [1.82, 2.24) is 9.97 Å². The topological polar surface area (TPSA) is 98.6 Å². The van der Waals surface area contributed by atoms with E-state index in [0.717, 1.165) is 0 Å². The molecule has 1 aromatic heterocycles. The first-order chi connectivity index (χ1) is 10.5. The first-order valence-electron chi connectivity index (χ1n) is 6.32. The molecule has 0 saturated carbocycles. The lowest BCUT2D eigenvalue weighted by Gasteiger charge is -2.12. The summed E-state index contributed by atoms with van der Waals surface area (Å²) in [6.07, 6.45) is 1.20. The average molecular weight is 302 g/mol. The van der Waals surface area contributed by atoms with E-state index >= 15 is 0 Å². The van der Waals surface area contributed by atoms with Crippen LogP contribution in [0.1, 0.15) is 27.8 Å². The molecule has 0 aliphatic heterocycles. The lowest BCUT2D eigenvalue weighted by molar-refractivity contribution is 0.0685. The predicted molar refractivity (Wildman–Crippen MR) is 77.5 cm³/mol. The standard InChI is InChI=1S/C15H14N2O5/c1-8(18)10-7-16-14(17-12(10)15(19)20)9-5-4-6-11(21-2)13(9)22-3/h4-7H,1-3H3,(H,19,20). The minimum atomic E-state index is -1.30. The van der Waals surface area contributed by atoms with Crippen LogP contribution in [0, 0.1) is 0 Å². The molecule has 0 spiro atoms. The Morgan fingerprint density at radius 3 is 2.45 bits per heavy atom. The van der Waals surface area contributed by atoms with E-state index in [4.69, 9.17) is 9.47 Å². The number of hydrogen-bond donors (Lipinski definition) is 1. The number of ether oxygens (including phenoxy) is 2. The Bertz CT molecular complexity index is 743. The molecule has 0 atom stereocenters. The van der Waals surface area contributed by atoms with Gasteiger partial charge in [-0.2, -0.15) is 0 Å². The number of para-hydroxylation sites is 1.